The molecule has 4 heterocycles. The van der Waals surface area contributed by atoms with Crippen LogP contribution in [0.1, 0.15) is 81.0 Å². The Morgan fingerprint density at radius 3 is 2.59 bits per heavy atom. The third-order valence-corrected chi connectivity index (χ3v) is 7.58. The largest absolute Gasteiger partial charge is 0.460 e. The molecule has 2 fully saturated rings. The Balaban J connectivity index is 1.47. The number of hydrogen-bond acceptors (Lipinski definition) is 4. The molecule has 2 aromatic rings. The number of amides is 2. The number of nitrogens with one attached hydrogen (secondary N) is 1. The van der Waals surface area contributed by atoms with Crippen molar-refractivity contribution in [2.45, 2.75) is 95.9 Å². The molecule has 5 rings (SSSR count). The molecule has 2 atom stereocenters. The lowest BCUT2D eigenvalue weighted by Gasteiger charge is -2.45. The number of fused-ring (bicyclic) bond motifs is 3. The third-order valence-electron chi connectivity index (χ3n) is 7.58. The van der Waals surface area contributed by atoms with Gasteiger partial charge in [-0.15, -0.1) is 0 Å². The number of rotatable bonds is 4. The Kier molecular flexibility index (Phi) is 5.78. The predicted octanol–water partition coefficient (Wildman–Crippen LogP) is 4.17. The van der Waals surface area contributed by atoms with Gasteiger partial charge in [-0.25, -0.2) is 0 Å². The van der Waals surface area contributed by atoms with Crippen LogP contribution in [0.3, 0.4) is 0 Å². The van der Waals surface area contributed by atoms with Crippen LogP contribution in [0.25, 0.3) is 11.1 Å². The van der Waals surface area contributed by atoms with Crippen molar-refractivity contribution in [2.24, 2.45) is 0 Å². The van der Waals surface area contributed by atoms with Crippen LogP contribution in [-0.2, 0) is 16.1 Å². The normalized spacial score (nSPS) is 27.4. The van der Waals surface area contributed by atoms with E-state index in [0.29, 0.717) is 24.4 Å². The summed E-state index contributed by atoms with van der Waals surface area (Å²) < 4.78 is 13.6. The molecule has 0 aromatic carbocycles. The van der Waals surface area contributed by atoms with Crippen LogP contribution in [0.15, 0.2) is 16.5 Å². The van der Waals surface area contributed by atoms with Gasteiger partial charge in [-0.05, 0) is 39.5 Å². The number of ether oxygens (including phenoxy) is 1. The number of carbonyl (C=O) groups excluding carboxylic acids is 2. The van der Waals surface area contributed by atoms with E-state index in [1.54, 1.807) is 4.90 Å². The van der Waals surface area contributed by atoms with Crippen molar-refractivity contribution >= 4 is 22.9 Å². The highest BCUT2D eigenvalue weighted by Gasteiger charge is 2.49. The first kappa shape index (κ1) is 21.6. The molecule has 1 saturated heterocycles. The molecule has 174 valence electrons. The lowest BCUT2D eigenvalue weighted by Crippen LogP contribution is -2.66. The van der Waals surface area contributed by atoms with E-state index in [1.807, 2.05) is 30.5 Å². The van der Waals surface area contributed by atoms with Crippen LogP contribution >= 0.6 is 0 Å². The minimum atomic E-state index is -0.977. The van der Waals surface area contributed by atoms with E-state index in [9.17, 15) is 9.59 Å². The highest BCUT2D eigenvalue weighted by Crippen LogP contribution is 2.35. The molecule has 1 saturated carbocycles. The van der Waals surface area contributed by atoms with Gasteiger partial charge in [0.25, 0.3) is 5.91 Å². The van der Waals surface area contributed by atoms with Gasteiger partial charge in [-0.1, -0.05) is 32.1 Å². The molecule has 0 radical (unpaired) electrons. The van der Waals surface area contributed by atoms with Crippen molar-refractivity contribution in [1.29, 1.82) is 0 Å². The fourth-order valence-electron chi connectivity index (χ4n) is 5.68. The molecule has 32 heavy (non-hydrogen) atoms. The van der Waals surface area contributed by atoms with Crippen molar-refractivity contribution in [3.63, 3.8) is 0 Å². The van der Waals surface area contributed by atoms with Crippen LogP contribution in [0.2, 0.25) is 0 Å². The summed E-state index contributed by atoms with van der Waals surface area (Å²) in [6.45, 7) is 5.41. The Morgan fingerprint density at radius 2 is 1.88 bits per heavy atom. The van der Waals surface area contributed by atoms with E-state index in [4.69, 9.17) is 9.15 Å². The first-order valence-electron chi connectivity index (χ1n) is 12.3. The zero-order chi connectivity index (χ0) is 22.3. The molecule has 1 N–H and O–H groups in total. The van der Waals surface area contributed by atoms with Crippen molar-refractivity contribution in [2.75, 3.05) is 13.2 Å². The van der Waals surface area contributed by atoms with E-state index in [0.717, 1.165) is 56.4 Å². The molecule has 2 aliphatic heterocycles. The van der Waals surface area contributed by atoms with Crippen LogP contribution < -0.4 is 5.32 Å². The quantitative estimate of drug-likeness (QED) is 0.773. The molecular formula is C25H35N3O4. The molecule has 2 amide bonds. The van der Waals surface area contributed by atoms with Gasteiger partial charge in [0.05, 0.1) is 18.2 Å². The fraction of sp³-hybridized carbons (Fsp3) is 0.680. The van der Waals surface area contributed by atoms with E-state index in [2.05, 4.69) is 5.32 Å². The Bertz CT molecular complexity index is 994. The van der Waals surface area contributed by atoms with Gasteiger partial charge in [-0.3, -0.25) is 9.59 Å². The number of aromatic nitrogens is 1. The van der Waals surface area contributed by atoms with Gasteiger partial charge in [0.2, 0.25) is 5.91 Å². The van der Waals surface area contributed by atoms with Crippen molar-refractivity contribution < 1.29 is 18.7 Å². The van der Waals surface area contributed by atoms with E-state index >= 15 is 0 Å². The first-order valence-corrected chi connectivity index (χ1v) is 12.3. The van der Waals surface area contributed by atoms with Crippen LogP contribution in [0.5, 0.6) is 0 Å². The first-order chi connectivity index (χ1) is 15.5. The molecule has 7 heteroatoms. The summed E-state index contributed by atoms with van der Waals surface area (Å²) in [5.41, 5.74) is 1.20. The SMILES string of the molecule is Cc1cc2c(cc3n2C[C@](C)(C(=O)NC2CCCCCCC2)N(C[C@@H]2CCCO2)C3=O)o1. The average Bonchev–Trinajstić information content (AvgIpc) is 3.44. The standard InChI is InChI=1S/C25H35N3O4/c1-17-13-20-22(32-17)14-21-23(29)28(15-19-11-8-12-31-19)25(2,16-27(20)21)24(30)26-18-9-6-4-3-5-7-10-18/h13-14,18-19H,3-12,15-16H2,1-2H3,(H,26,30)/t19-,25+/m0/s1. The summed E-state index contributed by atoms with van der Waals surface area (Å²) in [7, 11) is 0. The Labute approximate surface area is 189 Å². The van der Waals surface area contributed by atoms with Crippen LogP contribution in [0, 0.1) is 6.92 Å². The zero-order valence-corrected chi connectivity index (χ0v) is 19.3. The van der Waals surface area contributed by atoms with Gasteiger partial charge in [0.15, 0.2) is 5.58 Å². The monoisotopic (exact) mass is 441 g/mol. The van der Waals surface area contributed by atoms with Crippen LogP contribution in [-0.4, -0.2) is 52.1 Å². The van der Waals surface area contributed by atoms with Gasteiger partial charge >= 0.3 is 0 Å². The topological polar surface area (TPSA) is 76.7 Å². The van der Waals surface area contributed by atoms with Crippen molar-refractivity contribution in [1.82, 2.24) is 14.8 Å². The molecule has 1 aliphatic carbocycles. The summed E-state index contributed by atoms with van der Waals surface area (Å²) in [5.74, 6) is 0.633. The Morgan fingerprint density at radius 1 is 1.12 bits per heavy atom. The molecule has 0 unspecified atom stereocenters. The Hall–Kier alpha value is -2.28. The summed E-state index contributed by atoms with van der Waals surface area (Å²) >= 11 is 0. The van der Waals surface area contributed by atoms with Crippen molar-refractivity contribution in [3.05, 3.63) is 23.6 Å². The molecule has 7 nitrogen and oxygen atoms in total. The van der Waals surface area contributed by atoms with Crippen molar-refractivity contribution in [3.8, 4) is 0 Å². The summed E-state index contributed by atoms with van der Waals surface area (Å²) in [6, 6.07) is 3.95. The van der Waals surface area contributed by atoms with Crippen LogP contribution in [0.4, 0.5) is 0 Å². The van der Waals surface area contributed by atoms with E-state index in [1.165, 1.54) is 19.3 Å². The highest BCUT2D eigenvalue weighted by atomic mass is 16.5. The van der Waals surface area contributed by atoms with Gasteiger partial charge < -0.3 is 23.9 Å². The van der Waals surface area contributed by atoms with E-state index < -0.39 is 5.54 Å². The zero-order valence-electron chi connectivity index (χ0n) is 19.3. The average molecular weight is 442 g/mol. The summed E-state index contributed by atoms with van der Waals surface area (Å²) in [6.07, 6.45) is 10.00. The molecule has 3 aliphatic rings. The van der Waals surface area contributed by atoms with Gasteiger partial charge in [-0.2, -0.15) is 0 Å². The maximum atomic E-state index is 13.8. The van der Waals surface area contributed by atoms with E-state index in [-0.39, 0.29) is 24.0 Å². The summed E-state index contributed by atoms with van der Waals surface area (Å²) in [4.78, 5) is 29.3. The fourth-order valence-corrected chi connectivity index (χ4v) is 5.68. The number of aryl methyl sites for hydroxylation is 1. The maximum Gasteiger partial charge on any atom is 0.271 e. The minimum Gasteiger partial charge on any atom is -0.460 e. The summed E-state index contributed by atoms with van der Waals surface area (Å²) in [5, 5.41) is 3.34. The molecular weight excluding hydrogens is 406 g/mol. The lowest BCUT2D eigenvalue weighted by atomic mass is 9.91. The number of furan rings is 1. The smallest absolute Gasteiger partial charge is 0.271 e. The second-order valence-electron chi connectivity index (χ2n) is 10.1. The number of carbonyl (C=O) groups is 2. The second-order valence-corrected chi connectivity index (χ2v) is 10.1. The minimum absolute atomic E-state index is 0.0146. The molecule has 2 aromatic heterocycles. The third kappa shape index (κ3) is 3.85. The molecule has 0 bridgehead atoms. The number of hydrogen-bond donors (Lipinski definition) is 1. The second kappa shape index (κ2) is 8.58. The van der Waals surface area contributed by atoms with Gasteiger partial charge in [0.1, 0.15) is 17.0 Å². The maximum absolute atomic E-state index is 13.8. The number of nitrogens with zero attached hydrogens (tertiary/aromatic N) is 2. The highest BCUT2D eigenvalue weighted by molar-refractivity contribution is 6.03. The lowest BCUT2D eigenvalue weighted by molar-refractivity contribution is -0.134. The predicted molar refractivity (Wildman–Crippen MR) is 122 cm³/mol. The van der Waals surface area contributed by atoms with Gasteiger partial charge in [0, 0.05) is 31.3 Å². The molecule has 0 spiro atoms.